The fourth-order valence-corrected chi connectivity index (χ4v) is 3.50. The summed E-state index contributed by atoms with van der Waals surface area (Å²) in [6.07, 6.45) is -1.20. The van der Waals surface area contributed by atoms with E-state index in [0.29, 0.717) is 6.54 Å². The number of hydrogen-bond donors (Lipinski definition) is 1. The Kier molecular flexibility index (Phi) is 5.99. The average molecular weight is 455 g/mol. The molecule has 0 spiro atoms. The number of anilines is 2. The predicted molar refractivity (Wildman–Crippen MR) is 116 cm³/mol. The molecule has 1 aromatic heterocycles. The first-order valence-electron chi connectivity index (χ1n) is 10.0. The topological polar surface area (TPSA) is 79.2 Å². The van der Waals surface area contributed by atoms with E-state index in [0.717, 1.165) is 28.9 Å². The van der Waals surface area contributed by atoms with E-state index < -0.39 is 17.6 Å². The number of aryl methyl sites for hydroxylation is 1. The number of alkyl halides is 3. The van der Waals surface area contributed by atoms with Crippen LogP contribution in [0.4, 0.5) is 24.5 Å². The van der Waals surface area contributed by atoms with Gasteiger partial charge in [0.2, 0.25) is 0 Å². The fourth-order valence-electron chi connectivity index (χ4n) is 3.50. The van der Waals surface area contributed by atoms with Crippen LogP contribution in [-0.2, 0) is 6.18 Å². The minimum Gasteiger partial charge on any atom is -0.495 e. The predicted octanol–water partition coefficient (Wildman–Crippen LogP) is 5.60. The summed E-state index contributed by atoms with van der Waals surface area (Å²) >= 11 is 0. The number of hydrogen-bond acceptors (Lipinski definition) is 6. The van der Waals surface area contributed by atoms with Crippen LogP contribution < -0.4 is 15.1 Å². The van der Waals surface area contributed by atoms with Gasteiger partial charge in [-0.15, -0.1) is 0 Å². The zero-order valence-electron chi connectivity index (χ0n) is 17.8. The van der Waals surface area contributed by atoms with E-state index in [-0.39, 0.29) is 23.0 Å². The molecule has 0 fully saturated rings. The maximum absolute atomic E-state index is 13.1. The normalized spacial score (nSPS) is 15.5. The number of pyridine rings is 1. The number of rotatable bonds is 5. The highest BCUT2D eigenvalue weighted by molar-refractivity contribution is 6.05. The van der Waals surface area contributed by atoms with E-state index in [1.165, 1.54) is 13.2 Å². The Bertz CT molecular complexity index is 1200. The molecule has 170 valence electrons. The molecule has 1 unspecified atom stereocenters. The summed E-state index contributed by atoms with van der Waals surface area (Å²) in [4.78, 5) is 17.0. The Morgan fingerprint density at radius 1 is 1.18 bits per heavy atom. The molecular weight excluding hydrogens is 435 g/mol. The van der Waals surface area contributed by atoms with E-state index in [9.17, 15) is 18.0 Å². The smallest absolute Gasteiger partial charge is 0.416 e. The van der Waals surface area contributed by atoms with Crippen LogP contribution in [0, 0.1) is 6.92 Å². The number of benzene rings is 2. The molecule has 0 bridgehead atoms. The van der Waals surface area contributed by atoms with Crippen LogP contribution in [0.2, 0.25) is 0 Å². The Morgan fingerprint density at radius 2 is 2.00 bits per heavy atom. The summed E-state index contributed by atoms with van der Waals surface area (Å²) in [6.45, 7) is 2.37. The molecule has 1 amide bonds. The Balaban J connectivity index is 1.56. The van der Waals surface area contributed by atoms with Gasteiger partial charge in [-0.05, 0) is 60.5 Å². The number of methoxy groups -OCH3 is 1. The molecule has 0 saturated carbocycles. The van der Waals surface area contributed by atoms with Crippen molar-refractivity contribution in [1.82, 2.24) is 4.98 Å². The molecule has 1 aliphatic rings. The minimum absolute atomic E-state index is 0.0669. The minimum atomic E-state index is -4.55. The van der Waals surface area contributed by atoms with E-state index in [1.807, 2.05) is 13.0 Å². The van der Waals surface area contributed by atoms with Gasteiger partial charge in [-0.3, -0.25) is 9.78 Å². The van der Waals surface area contributed by atoms with Crippen molar-refractivity contribution in [3.63, 3.8) is 0 Å². The molecule has 33 heavy (non-hydrogen) atoms. The molecular formula is C23H20F3N5O2. The van der Waals surface area contributed by atoms with Crippen LogP contribution in [0.3, 0.4) is 0 Å². The molecule has 0 radical (unpaired) electrons. The van der Waals surface area contributed by atoms with Crippen LogP contribution in [-0.4, -0.2) is 24.5 Å². The highest BCUT2D eigenvalue weighted by Gasteiger charge is 2.31. The third kappa shape index (κ3) is 4.79. The SMILES string of the molecule is COc1ccc(C(F)(F)F)cc1NC(=O)c1ccc(C)c(C2CN(c3cccnc3)N=N2)c1. The second kappa shape index (κ2) is 8.89. The summed E-state index contributed by atoms with van der Waals surface area (Å²) < 4.78 is 44.4. The Hall–Kier alpha value is -3.95. The number of carbonyl (C=O) groups is 1. The third-order valence-corrected chi connectivity index (χ3v) is 5.26. The summed E-state index contributed by atoms with van der Waals surface area (Å²) in [5.74, 6) is -0.437. The average Bonchev–Trinajstić information content (AvgIpc) is 3.29. The summed E-state index contributed by atoms with van der Waals surface area (Å²) in [7, 11) is 1.32. The van der Waals surface area contributed by atoms with Gasteiger partial charge in [0.15, 0.2) is 0 Å². The summed E-state index contributed by atoms with van der Waals surface area (Å²) in [5.41, 5.74) is 1.85. The van der Waals surface area contributed by atoms with Crippen molar-refractivity contribution in [3.05, 3.63) is 83.2 Å². The quantitative estimate of drug-likeness (QED) is 0.543. The summed E-state index contributed by atoms with van der Waals surface area (Å²) in [5, 5.41) is 12.8. The lowest BCUT2D eigenvalue weighted by molar-refractivity contribution is -0.137. The van der Waals surface area contributed by atoms with Gasteiger partial charge in [0.1, 0.15) is 11.8 Å². The highest BCUT2D eigenvalue weighted by Crippen LogP contribution is 2.35. The van der Waals surface area contributed by atoms with Gasteiger partial charge in [0.05, 0.1) is 36.8 Å². The fraction of sp³-hybridized carbons (Fsp3) is 0.217. The van der Waals surface area contributed by atoms with Crippen molar-refractivity contribution in [2.75, 3.05) is 24.0 Å². The molecule has 1 N–H and O–H groups in total. The van der Waals surface area contributed by atoms with Crippen LogP contribution in [0.1, 0.15) is 33.1 Å². The molecule has 2 aromatic carbocycles. The zero-order valence-corrected chi connectivity index (χ0v) is 17.8. The molecule has 1 aliphatic heterocycles. The Morgan fingerprint density at radius 3 is 2.70 bits per heavy atom. The van der Waals surface area contributed by atoms with Gasteiger partial charge < -0.3 is 10.1 Å². The standard InChI is InChI=1S/C23H20F3N5O2/c1-14-5-6-15(10-18(14)20-13-31(30-29-20)17-4-3-9-27-12-17)22(32)28-19-11-16(23(24,25)26)7-8-21(19)33-2/h3-12,20H,13H2,1-2H3,(H,28,32). The van der Waals surface area contributed by atoms with Gasteiger partial charge in [0, 0.05) is 11.8 Å². The third-order valence-electron chi connectivity index (χ3n) is 5.26. The first-order valence-corrected chi connectivity index (χ1v) is 10.0. The van der Waals surface area contributed by atoms with Crippen LogP contribution >= 0.6 is 0 Å². The lowest BCUT2D eigenvalue weighted by atomic mass is 9.98. The van der Waals surface area contributed by atoms with E-state index in [4.69, 9.17) is 4.74 Å². The van der Waals surface area contributed by atoms with Crippen LogP contribution in [0.15, 0.2) is 71.3 Å². The molecule has 7 nitrogen and oxygen atoms in total. The van der Waals surface area contributed by atoms with Gasteiger partial charge in [-0.2, -0.15) is 18.3 Å². The number of halogens is 3. The monoisotopic (exact) mass is 455 g/mol. The Labute approximate surface area is 187 Å². The lowest BCUT2D eigenvalue weighted by Gasteiger charge is -2.16. The van der Waals surface area contributed by atoms with Crippen molar-refractivity contribution < 1.29 is 22.7 Å². The van der Waals surface area contributed by atoms with Gasteiger partial charge >= 0.3 is 6.18 Å². The van der Waals surface area contributed by atoms with Crippen molar-refractivity contribution in [2.45, 2.75) is 19.1 Å². The van der Waals surface area contributed by atoms with Gasteiger partial charge in [-0.1, -0.05) is 11.3 Å². The van der Waals surface area contributed by atoms with E-state index in [2.05, 4.69) is 20.6 Å². The molecule has 0 saturated heterocycles. The second-order valence-electron chi connectivity index (χ2n) is 7.45. The van der Waals surface area contributed by atoms with Crippen molar-refractivity contribution in [2.24, 2.45) is 10.3 Å². The molecule has 10 heteroatoms. The molecule has 3 aromatic rings. The van der Waals surface area contributed by atoms with Crippen molar-refractivity contribution in [3.8, 4) is 5.75 Å². The number of ether oxygens (including phenoxy) is 1. The van der Waals surface area contributed by atoms with E-state index in [1.54, 1.807) is 41.7 Å². The zero-order chi connectivity index (χ0) is 23.6. The number of nitrogens with one attached hydrogen (secondary N) is 1. The maximum Gasteiger partial charge on any atom is 0.416 e. The number of nitrogens with zero attached hydrogens (tertiary/aromatic N) is 4. The summed E-state index contributed by atoms with van der Waals surface area (Å²) in [6, 6.07) is 11.4. The van der Waals surface area contributed by atoms with Crippen molar-refractivity contribution >= 4 is 17.3 Å². The first kappa shape index (κ1) is 22.3. The number of aromatic nitrogens is 1. The van der Waals surface area contributed by atoms with Crippen LogP contribution in [0.5, 0.6) is 5.75 Å². The molecule has 2 heterocycles. The van der Waals surface area contributed by atoms with E-state index >= 15 is 0 Å². The van der Waals surface area contributed by atoms with Gasteiger partial charge in [-0.25, -0.2) is 5.01 Å². The largest absolute Gasteiger partial charge is 0.495 e. The van der Waals surface area contributed by atoms with Crippen molar-refractivity contribution in [1.29, 1.82) is 0 Å². The molecule has 4 rings (SSSR count). The molecule has 1 atom stereocenters. The molecule has 0 aliphatic carbocycles. The van der Waals surface area contributed by atoms with Gasteiger partial charge in [0.25, 0.3) is 5.91 Å². The van der Waals surface area contributed by atoms with Crippen LogP contribution in [0.25, 0.3) is 0 Å². The number of carbonyl (C=O) groups excluding carboxylic acids is 1. The maximum atomic E-state index is 13.1. The first-order chi connectivity index (χ1) is 15.8. The second-order valence-corrected chi connectivity index (χ2v) is 7.45. The number of amides is 1. The lowest BCUT2D eigenvalue weighted by Crippen LogP contribution is -2.18. The highest BCUT2D eigenvalue weighted by atomic mass is 19.4.